The van der Waals surface area contributed by atoms with Crippen LogP contribution >= 0.6 is 33.2 Å². The molecule has 0 aliphatic rings. The fraction of sp³-hybridized carbons (Fsp3) is 1.00. The lowest BCUT2D eigenvalue weighted by Crippen LogP contribution is -2.48. The molecule has 0 saturated heterocycles. The van der Waals surface area contributed by atoms with Crippen molar-refractivity contribution in [3.63, 3.8) is 0 Å². The van der Waals surface area contributed by atoms with Crippen molar-refractivity contribution in [2.24, 2.45) is 0 Å². The topological polar surface area (TPSA) is 18.5 Å². The SMILES string of the molecule is C[Si](C)(C)O[Si](C)(C)O[Si](Cl)(Cl)Cl. The van der Waals surface area contributed by atoms with Crippen LogP contribution in [0.15, 0.2) is 0 Å². The molecular formula is C5H15Cl3O2Si3. The van der Waals surface area contributed by atoms with Crippen LogP contribution in [0.25, 0.3) is 0 Å². The minimum Gasteiger partial charge on any atom is -0.437 e. The highest BCUT2D eigenvalue weighted by Gasteiger charge is 2.41. The molecule has 0 aromatic rings. The van der Waals surface area contributed by atoms with Crippen LogP contribution in [0.1, 0.15) is 0 Å². The molecule has 0 rings (SSSR count). The molecule has 13 heavy (non-hydrogen) atoms. The zero-order valence-electron chi connectivity index (χ0n) is 8.45. The lowest BCUT2D eigenvalue weighted by atomic mass is 11.8. The fourth-order valence-electron chi connectivity index (χ4n) is 1.04. The molecule has 80 valence electrons. The molecule has 0 fully saturated rings. The Kier molecular flexibility index (Phi) is 5.03. The van der Waals surface area contributed by atoms with Crippen molar-refractivity contribution in [1.82, 2.24) is 0 Å². The molecule has 0 bridgehead atoms. The molecule has 0 radical (unpaired) electrons. The Hall–Kier alpha value is 1.44. The van der Waals surface area contributed by atoms with Crippen molar-refractivity contribution < 1.29 is 8.23 Å². The molecule has 0 spiro atoms. The second kappa shape index (κ2) is 4.53. The molecule has 0 aromatic heterocycles. The van der Waals surface area contributed by atoms with Crippen LogP contribution in [0.4, 0.5) is 0 Å². The quantitative estimate of drug-likeness (QED) is 0.582. The number of halogens is 3. The summed E-state index contributed by atoms with van der Waals surface area (Å²) in [5.74, 6) is 0. The molecule has 0 unspecified atom stereocenters. The third-order valence-corrected chi connectivity index (χ3v) is 10.3. The monoisotopic (exact) mass is 296 g/mol. The highest BCUT2D eigenvalue weighted by atomic mass is 35.8. The first kappa shape index (κ1) is 14.4. The van der Waals surface area contributed by atoms with E-state index in [9.17, 15) is 0 Å². The Labute approximate surface area is 97.1 Å². The molecule has 0 saturated carbocycles. The van der Waals surface area contributed by atoms with Gasteiger partial charge in [0.15, 0.2) is 8.32 Å². The van der Waals surface area contributed by atoms with Crippen LogP contribution in [-0.4, -0.2) is 23.1 Å². The van der Waals surface area contributed by atoms with Gasteiger partial charge in [-0.25, -0.2) is 0 Å². The van der Waals surface area contributed by atoms with Crippen molar-refractivity contribution in [3.8, 4) is 0 Å². The Morgan fingerprint density at radius 1 is 0.769 bits per heavy atom. The zero-order chi connectivity index (χ0) is 10.9. The molecule has 0 aromatic carbocycles. The summed E-state index contributed by atoms with van der Waals surface area (Å²) in [5, 5.41) is 0. The summed E-state index contributed by atoms with van der Waals surface area (Å²) in [6.45, 7) is 10.1. The summed E-state index contributed by atoms with van der Waals surface area (Å²) in [6, 6.07) is 0. The number of hydrogen-bond acceptors (Lipinski definition) is 2. The van der Waals surface area contributed by atoms with Gasteiger partial charge in [-0.3, -0.25) is 0 Å². The van der Waals surface area contributed by atoms with Gasteiger partial charge in [0, 0.05) is 0 Å². The van der Waals surface area contributed by atoms with E-state index in [1.807, 2.05) is 13.1 Å². The molecule has 0 heterocycles. The van der Waals surface area contributed by atoms with Gasteiger partial charge in [-0.05, 0) is 32.7 Å². The van der Waals surface area contributed by atoms with Crippen LogP contribution in [-0.2, 0) is 8.23 Å². The van der Waals surface area contributed by atoms with E-state index < -0.39 is 23.1 Å². The molecule has 0 amide bonds. The molecule has 0 atom stereocenters. The maximum absolute atomic E-state index is 5.84. The van der Waals surface area contributed by atoms with Crippen LogP contribution in [0.2, 0.25) is 32.7 Å². The minimum absolute atomic E-state index is 1.61. The molecule has 2 nitrogen and oxygen atoms in total. The third kappa shape index (κ3) is 9.74. The Morgan fingerprint density at radius 3 is 1.38 bits per heavy atom. The lowest BCUT2D eigenvalue weighted by molar-refractivity contribution is 0.410. The first-order valence-corrected chi connectivity index (χ1v) is 15.1. The van der Waals surface area contributed by atoms with E-state index >= 15 is 0 Å². The highest BCUT2D eigenvalue weighted by Crippen LogP contribution is 2.27. The van der Waals surface area contributed by atoms with E-state index in [1.165, 1.54) is 0 Å². The van der Waals surface area contributed by atoms with Gasteiger partial charge in [-0.1, -0.05) is 33.2 Å². The largest absolute Gasteiger partial charge is 0.485 e. The molecule has 0 aliphatic carbocycles. The summed E-state index contributed by atoms with van der Waals surface area (Å²) >= 11 is 17.0. The van der Waals surface area contributed by atoms with Gasteiger partial charge >= 0.3 is 14.8 Å². The first-order chi connectivity index (χ1) is 5.41. The average molecular weight is 298 g/mol. The summed E-state index contributed by atoms with van der Waals surface area (Å²) < 4.78 is 11.2. The second-order valence-corrected chi connectivity index (χ2v) is 20.2. The minimum atomic E-state index is -3.02. The Morgan fingerprint density at radius 2 is 1.15 bits per heavy atom. The van der Waals surface area contributed by atoms with Gasteiger partial charge in [0.25, 0.3) is 0 Å². The van der Waals surface area contributed by atoms with Crippen molar-refractivity contribution in [2.75, 3.05) is 0 Å². The van der Waals surface area contributed by atoms with E-state index in [0.29, 0.717) is 0 Å². The maximum atomic E-state index is 5.84. The summed E-state index contributed by atoms with van der Waals surface area (Å²) in [6.07, 6.45) is -3.02. The van der Waals surface area contributed by atoms with E-state index in [1.54, 1.807) is 0 Å². The van der Waals surface area contributed by atoms with Gasteiger partial charge in [0.2, 0.25) is 0 Å². The zero-order valence-corrected chi connectivity index (χ0v) is 13.7. The maximum Gasteiger partial charge on any atom is 0.485 e. The summed E-state index contributed by atoms with van der Waals surface area (Å²) in [7, 11) is -3.86. The third-order valence-electron chi connectivity index (χ3n) is 0.913. The Balaban J connectivity index is 4.25. The summed E-state index contributed by atoms with van der Waals surface area (Å²) in [5.41, 5.74) is 0. The highest BCUT2D eigenvalue weighted by molar-refractivity contribution is 7.62. The van der Waals surface area contributed by atoms with Crippen molar-refractivity contribution in [2.45, 2.75) is 32.7 Å². The van der Waals surface area contributed by atoms with E-state index in [2.05, 4.69) is 19.6 Å². The molecule has 0 aliphatic heterocycles. The van der Waals surface area contributed by atoms with Gasteiger partial charge in [0.1, 0.15) is 0 Å². The second-order valence-electron chi connectivity index (χ2n) is 4.16. The number of hydrogen-bond donors (Lipinski definition) is 0. The van der Waals surface area contributed by atoms with Crippen LogP contribution < -0.4 is 0 Å². The predicted octanol–water partition coefficient (Wildman–Crippen LogP) is 3.71. The predicted molar refractivity (Wildman–Crippen MR) is 66.3 cm³/mol. The van der Waals surface area contributed by atoms with Crippen LogP contribution in [0.5, 0.6) is 0 Å². The lowest BCUT2D eigenvalue weighted by Gasteiger charge is -2.32. The van der Waals surface area contributed by atoms with Crippen LogP contribution in [0.3, 0.4) is 0 Å². The fourth-order valence-corrected chi connectivity index (χ4v) is 14.7. The van der Waals surface area contributed by atoms with Gasteiger partial charge in [0.05, 0.1) is 0 Å². The normalized spacial score (nSPS) is 14.8. The average Bonchev–Trinajstić information content (AvgIpc) is 1.43. The van der Waals surface area contributed by atoms with Gasteiger partial charge in [-0.2, -0.15) is 0 Å². The van der Waals surface area contributed by atoms with Crippen LogP contribution in [0, 0.1) is 0 Å². The van der Waals surface area contributed by atoms with Crippen molar-refractivity contribution >= 4 is 56.4 Å². The van der Waals surface area contributed by atoms with E-state index in [0.717, 1.165) is 0 Å². The number of rotatable bonds is 4. The Bertz CT molecular complexity index is 157. The first-order valence-electron chi connectivity index (χ1n) is 3.88. The van der Waals surface area contributed by atoms with E-state index in [4.69, 9.17) is 41.5 Å². The standard InChI is InChI=1S/C5H15Cl3O2Si3/c1-11(2,3)9-12(4,5)10-13(6,7)8/h1-5H3. The van der Waals surface area contributed by atoms with E-state index in [-0.39, 0.29) is 0 Å². The molecule has 8 heteroatoms. The smallest absolute Gasteiger partial charge is 0.437 e. The van der Waals surface area contributed by atoms with Crippen molar-refractivity contribution in [3.05, 3.63) is 0 Å². The molecular weight excluding hydrogens is 283 g/mol. The molecule has 0 N–H and O–H groups in total. The van der Waals surface area contributed by atoms with Crippen molar-refractivity contribution in [1.29, 1.82) is 0 Å². The van der Waals surface area contributed by atoms with Gasteiger partial charge < -0.3 is 8.23 Å². The van der Waals surface area contributed by atoms with Gasteiger partial charge in [-0.15, -0.1) is 0 Å². The summed E-state index contributed by atoms with van der Waals surface area (Å²) in [4.78, 5) is 0.